The Morgan fingerprint density at radius 3 is 1.73 bits per heavy atom. The van der Waals surface area contributed by atoms with Crippen LogP contribution in [0.3, 0.4) is 0 Å². The van der Waals surface area contributed by atoms with Crippen molar-refractivity contribution in [3.8, 4) is 0 Å². The second-order valence-corrected chi connectivity index (χ2v) is 16.5. The van der Waals surface area contributed by atoms with Gasteiger partial charge in [0.25, 0.3) is 0 Å². The van der Waals surface area contributed by atoms with Crippen molar-refractivity contribution in [2.45, 2.75) is 145 Å². The van der Waals surface area contributed by atoms with Crippen LogP contribution in [0.15, 0.2) is 0 Å². The van der Waals surface area contributed by atoms with Gasteiger partial charge in [-0.1, -0.05) is 62.3 Å². The normalized spacial score (nSPS) is 15.7. The summed E-state index contributed by atoms with van der Waals surface area (Å²) >= 11 is 1.53. The van der Waals surface area contributed by atoms with Crippen LogP contribution in [-0.2, 0) is 23.9 Å². The first-order valence-electron chi connectivity index (χ1n) is 17.4. The first-order chi connectivity index (χ1) is 22.1. The lowest BCUT2D eigenvalue weighted by molar-refractivity contribution is -0.133. The number of nitrogens with one attached hydrogen (secondary N) is 5. The molecule has 0 rings (SSSR count). The number of hydrogen-bond acceptors (Lipinski definition) is 8. The number of carbonyl (C=O) groups excluding carboxylic acids is 5. The molecular formula is C35H67N5O7S. The molecule has 0 heterocycles. The van der Waals surface area contributed by atoms with E-state index in [-0.39, 0.29) is 41.9 Å². The van der Waals surface area contributed by atoms with Gasteiger partial charge in [0, 0.05) is 12.5 Å². The van der Waals surface area contributed by atoms with Gasteiger partial charge >= 0.3 is 6.09 Å². The summed E-state index contributed by atoms with van der Waals surface area (Å²) in [5.74, 6) is -1.32. The predicted molar refractivity (Wildman–Crippen MR) is 193 cm³/mol. The lowest BCUT2D eigenvalue weighted by Crippen LogP contribution is -2.57. The topological polar surface area (TPSA) is 175 Å². The van der Waals surface area contributed by atoms with Crippen LogP contribution >= 0.6 is 11.8 Å². The lowest BCUT2D eigenvalue weighted by Gasteiger charge is -2.30. The molecule has 13 heteroatoms. The highest BCUT2D eigenvalue weighted by Gasteiger charge is 2.33. The van der Waals surface area contributed by atoms with Crippen LogP contribution in [0.5, 0.6) is 0 Å². The number of ether oxygens (including phenoxy) is 1. The highest BCUT2D eigenvalue weighted by Crippen LogP contribution is 2.18. The number of aliphatic hydroxyl groups is 1. The fraction of sp³-hybridized carbons (Fsp3) is 0.857. The molecular weight excluding hydrogens is 634 g/mol. The van der Waals surface area contributed by atoms with Crippen molar-refractivity contribution in [1.29, 1.82) is 0 Å². The van der Waals surface area contributed by atoms with Crippen molar-refractivity contribution >= 4 is 41.5 Å². The first-order valence-corrected chi connectivity index (χ1v) is 18.8. The Morgan fingerprint density at radius 2 is 1.25 bits per heavy atom. The maximum Gasteiger partial charge on any atom is 0.408 e. The summed E-state index contributed by atoms with van der Waals surface area (Å²) in [4.78, 5) is 65.6. The summed E-state index contributed by atoms with van der Waals surface area (Å²) in [6.07, 6.45) is 1.28. The molecule has 5 amide bonds. The molecule has 0 aromatic rings. The molecule has 0 saturated heterocycles. The molecule has 12 nitrogen and oxygen atoms in total. The largest absolute Gasteiger partial charge is 0.444 e. The summed E-state index contributed by atoms with van der Waals surface area (Å²) in [5.41, 5.74) is -0.744. The van der Waals surface area contributed by atoms with Gasteiger partial charge < -0.3 is 36.4 Å². The second kappa shape index (κ2) is 22.2. The van der Waals surface area contributed by atoms with Gasteiger partial charge in [-0.25, -0.2) is 4.79 Å². The molecule has 6 atom stereocenters. The van der Waals surface area contributed by atoms with Gasteiger partial charge in [0.2, 0.25) is 23.6 Å². The van der Waals surface area contributed by atoms with Gasteiger partial charge in [0.05, 0.1) is 12.1 Å². The maximum absolute atomic E-state index is 13.7. The first kappa shape index (κ1) is 45.5. The molecule has 0 spiro atoms. The number of carbonyl (C=O) groups is 5. The highest BCUT2D eigenvalue weighted by atomic mass is 32.2. The molecule has 6 N–H and O–H groups in total. The molecule has 0 aromatic carbocycles. The molecule has 0 radical (unpaired) electrons. The molecule has 0 bridgehead atoms. The summed E-state index contributed by atoms with van der Waals surface area (Å²) in [5, 5.41) is 25.4. The Morgan fingerprint density at radius 1 is 0.688 bits per heavy atom. The predicted octanol–water partition coefficient (Wildman–Crippen LogP) is 3.99. The molecule has 0 fully saturated rings. The van der Waals surface area contributed by atoms with Crippen molar-refractivity contribution in [3.63, 3.8) is 0 Å². The smallest absolute Gasteiger partial charge is 0.408 e. The van der Waals surface area contributed by atoms with E-state index in [2.05, 4.69) is 26.6 Å². The zero-order valence-electron chi connectivity index (χ0n) is 31.8. The van der Waals surface area contributed by atoms with Crippen molar-refractivity contribution < 1.29 is 33.8 Å². The average molecular weight is 702 g/mol. The van der Waals surface area contributed by atoms with E-state index in [4.69, 9.17) is 4.74 Å². The van der Waals surface area contributed by atoms with E-state index < -0.39 is 59.7 Å². The van der Waals surface area contributed by atoms with E-state index in [0.717, 1.165) is 0 Å². The van der Waals surface area contributed by atoms with Crippen molar-refractivity contribution in [1.82, 2.24) is 26.6 Å². The standard InChI is InChI=1S/C35H67N5O7S/c1-20(2)16-26(28(41)18-24(9)30(42)40-29(23(7)8)33(45)36-19-22(5)6)38-31(43)25(14-15-48-13)37-32(44)27(17-21(3)4)39-34(46)47-35(10,11)12/h20-29,41H,14-19H2,1-13H3,(H,36,45)(H,37,44)(H,38,43)(H,39,46)(H,40,42)/t24-,25+,26+,27+,28+,29+/m1/s1. The fourth-order valence-corrected chi connectivity index (χ4v) is 5.38. The fourth-order valence-electron chi connectivity index (χ4n) is 4.91. The third kappa shape index (κ3) is 19.5. The third-order valence-corrected chi connectivity index (χ3v) is 8.09. The molecule has 280 valence electrons. The summed E-state index contributed by atoms with van der Waals surface area (Å²) in [7, 11) is 0. The van der Waals surface area contributed by atoms with Gasteiger partial charge in [-0.2, -0.15) is 11.8 Å². The quantitative estimate of drug-likeness (QED) is 0.104. The zero-order valence-corrected chi connectivity index (χ0v) is 32.6. The third-order valence-electron chi connectivity index (χ3n) is 7.45. The highest BCUT2D eigenvalue weighted by molar-refractivity contribution is 7.98. The van der Waals surface area contributed by atoms with Crippen molar-refractivity contribution in [2.75, 3.05) is 18.6 Å². The van der Waals surface area contributed by atoms with Gasteiger partial charge in [-0.05, 0) is 82.1 Å². The summed E-state index contributed by atoms with van der Waals surface area (Å²) in [6.45, 7) is 22.9. The minimum absolute atomic E-state index is 0.0556. The van der Waals surface area contributed by atoms with Crippen molar-refractivity contribution in [2.24, 2.45) is 29.6 Å². The number of alkyl carbamates (subject to hydrolysis) is 1. The molecule has 0 aliphatic rings. The SMILES string of the molecule is CSCC[C@H](NC(=O)[C@H](CC(C)C)NC(=O)OC(C)(C)C)C(=O)N[C@@H](CC(C)C)[C@@H](O)C[C@@H](C)C(=O)N[C@H](C(=O)NCC(C)C)C(C)C. The van der Waals surface area contributed by atoms with Crippen LogP contribution in [0, 0.1) is 29.6 Å². The second-order valence-electron chi connectivity index (χ2n) is 15.5. The number of amides is 5. The van der Waals surface area contributed by atoms with E-state index in [1.54, 1.807) is 27.7 Å². The number of hydrogen-bond donors (Lipinski definition) is 6. The molecule has 0 aromatic heterocycles. The molecule has 0 aliphatic heterocycles. The summed E-state index contributed by atoms with van der Waals surface area (Å²) < 4.78 is 5.36. The number of rotatable bonds is 21. The van der Waals surface area contributed by atoms with E-state index in [9.17, 15) is 29.1 Å². The van der Waals surface area contributed by atoms with Crippen LogP contribution in [0.25, 0.3) is 0 Å². The lowest BCUT2D eigenvalue weighted by atomic mass is 9.91. The molecule has 0 aliphatic carbocycles. The molecule has 0 unspecified atom stereocenters. The number of aliphatic hydroxyl groups excluding tert-OH is 1. The van der Waals surface area contributed by atoms with Gasteiger partial charge in [0.1, 0.15) is 23.7 Å². The van der Waals surface area contributed by atoms with Crippen LogP contribution in [0.1, 0.15) is 109 Å². The monoisotopic (exact) mass is 701 g/mol. The Bertz CT molecular complexity index is 1020. The molecule has 48 heavy (non-hydrogen) atoms. The average Bonchev–Trinajstić information content (AvgIpc) is 2.93. The maximum atomic E-state index is 13.7. The Labute approximate surface area is 294 Å². The van der Waals surface area contributed by atoms with Crippen LogP contribution in [-0.4, -0.2) is 89.3 Å². The van der Waals surface area contributed by atoms with Gasteiger partial charge in [0.15, 0.2) is 0 Å². The molecule has 0 saturated carbocycles. The van der Waals surface area contributed by atoms with E-state index in [1.165, 1.54) is 11.8 Å². The Kier molecular flexibility index (Phi) is 21.1. The van der Waals surface area contributed by atoms with Gasteiger partial charge in [-0.15, -0.1) is 0 Å². The minimum Gasteiger partial charge on any atom is -0.444 e. The number of thioether (sulfide) groups is 1. The zero-order chi connectivity index (χ0) is 37.4. The van der Waals surface area contributed by atoms with E-state index in [1.807, 2.05) is 61.6 Å². The minimum atomic E-state index is -1.07. The van der Waals surface area contributed by atoms with Crippen LogP contribution in [0.4, 0.5) is 4.79 Å². The summed E-state index contributed by atoms with van der Waals surface area (Å²) in [6, 6.07) is -3.24. The van der Waals surface area contributed by atoms with Gasteiger partial charge in [-0.3, -0.25) is 19.2 Å². The van der Waals surface area contributed by atoms with E-state index in [0.29, 0.717) is 31.6 Å². The van der Waals surface area contributed by atoms with Crippen molar-refractivity contribution in [3.05, 3.63) is 0 Å². The van der Waals surface area contributed by atoms with Crippen LogP contribution < -0.4 is 26.6 Å². The Hall–Kier alpha value is -2.54. The van der Waals surface area contributed by atoms with Crippen LogP contribution in [0.2, 0.25) is 0 Å². The Balaban J connectivity index is 5.81. The van der Waals surface area contributed by atoms with E-state index >= 15 is 0 Å².